The van der Waals surface area contributed by atoms with Crippen molar-refractivity contribution < 1.29 is 4.79 Å². The maximum absolute atomic E-state index is 11.1. The Morgan fingerprint density at radius 2 is 2.10 bits per heavy atom. The Balaban J connectivity index is 2.94. The molecule has 0 fully saturated rings. The number of hydrogen-bond acceptors (Lipinski definition) is 1. The molecule has 0 aromatic heterocycles. The molecular formula is C9H12O. The summed E-state index contributed by atoms with van der Waals surface area (Å²) in [6.45, 7) is 5.97. The molecule has 0 amide bonds. The SMILES string of the molecule is CC1=CC(=O)C(=C(C)C)C1. The standard InChI is InChI=1S/C9H12O/c1-6(2)8-4-7(3)5-9(8)10/h5H,4H2,1-3H3. The Hall–Kier alpha value is -0.850. The van der Waals surface area contributed by atoms with E-state index in [0.717, 1.165) is 17.6 Å². The van der Waals surface area contributed by atoms with Gasteiger partial charge in [0.15, 0.2) is 5.78 Å². The van der Waals surface area contributed by atoms with E-state index in [1.807, 2.05) is 20.8 Å². The van der Waals surface area contributed by atoms with E-state index >= 15 is 0 Å². The van der Waals surface area contributed by atoms with Crippen LogP contribution >= 0.6 is 0 Å². The maximum Gasteiger partial charge on any atom is 0.182 e. The highest BCUT2D eigenvalue weighted by Gasteiger charge is 2.15. The Morgan fingerprint density at radius 1 is 1.50 bits per heavy atom. The zero-order valence-corrected chi connectivity index (χ0v) is 6.69. The van der Waals surface area contributed by atoms with Gasteiger partial charge >= 0.3 is 0 Å². The van der Waals surface area contributed by atoms with E-state index < -0.39 is 0 Å². The molecule has 0 N–H and O–H groups in total. The lowest BCUT2D eigenvalue weighted by molar-refractivity contribution is -0.111. The maximum atomic E-state index is 11.1. The molecule has 0 atom stereocenters. The number of carbonyl (C=O) groups excluding carboxylic acids is 1. The summed E-state index contributed by atoms with van der Waals surface area (Å²) in [7, 11) is 0. The van der Waals surface area contributed by atoms with Crippen molar-refractivity contribution in [3.63, 3.8) is 0 Å². The van der Waals surface area contributed by atoms with Gasteiger partial charge in [0.25, 0.3) is 0 Å². The minimum atomic E-state index is 0.206. The van der Waals surface area contributed by atoms with Gasteiger partial charge in [-0.1, -0.05) is 11.1 Å². The number of rotatable bonds is 0. The molecule has 0 saturated heterocycles. The van der Waals surface area contributed by atoms with Gasteiger partial charge in [-0.05, 0) is 33.3 Å². The molecule has 0 radical (unpaired) electrons. The number of carbonyl (C=O) groups is 1. The van der Waals surface area contributed by atoms with Crippen LogP contribution in [0.5, 0.6) is 0 Å². The van der Waals surface area contributed by atoms with Crippen molar-refractivity contribution in [2.45, 2.75) is 27.2 Å². The molecule has 0 heterocycles. The highest BCUT2D eigenvalue weighted by Crippen LogP contribution is 2.22. The minimum absolute atomic E-state index is 0.206. The van der Waals surface area contributed by atoms with Crippen molar-refractivity contribution in [3.05, 3.63) is 22.8 Å². The zero-order chi connectivity index (χ0) is 7.72. The summed E-state index contributed by atoms with van der Waals surface area (Å²) in [5.41, 5.74) is 3.32. The number of ketones is 1. The van der Waals surface area contributed by atoms with Gasteiger partial charge in [0, 0.05) is 5.57 Å². The first kappa shape index (κ1) is 7.26. The van der Waals surface area contributed by atoms with Crippen LogP contribution in [0.3, 0.4) is 0 Å². The van der Waals surface area contributed by atoms with Crippen molar-refractivity contribution in [1.29, 1.82) is 0 Å². The van der Waals surface area contributed by atoms with Gasteiger partial charge in [-0.15, -0.1) is 0 Å². The highest BCUT2D eigenvalue weighted by molar-refractivity contribution is 6.07. The summed E-state index contributed by atoms with van der Waals surface area (Å²) < 4.78 is 0. The molecule has 0 aliphatic heterocycles. The van der Waals surface area contributed by atoms with Crippen LogP contribution in [0.1, 0.15) is 27.2 Å². The van der Waals surface area contributed by atoms with Gasteiger partial charge < -0.3 is 0 Å². The molecule has 54 valence electrons. The predicted molar refractivity (Wildman–Crippen MR) is 41.8 cm³/mol. The molecular weight excluding hydrogens is 124 g/mol. The van der Waals surface area contributed by atoms with Crippen molar-refractivity contribution in [3.8, 4) is 0 Å². The smallest absolute Gasteiger partial charge is 0.182 e. The van der Waals surface area contributed by atoms with Gasteiger partial charge in [0.1, 0.15) is 0 Å². The van der Waals surface area contributed by atoms with Gasteiger partial charge in [-0.25, -0.2) is 0 Å². The van der Waals surface area contributed by atoms with Gasteiger partial charge in [-0.3, -0.25) is 4.79 Å². The molecule has 1 aliphatic carbocycles. The number of hydrogen-bond donors (Lipinski definition) is 0. The molecule has 0 aromatic rings. The fraction of sp³-hybridized carbons (Fsp3) is 0.444. The summed E-state index contributed by atoms with van der Waals surface area (Å²) in [4.78, 5) is 11.1. The monoisotopic (exact) mass is 136 g/mol. The second kappa shape index (κ2) is 2.41. The average molecular weight is 136 g/mol. The first-order chi connectivity index (χ1) is 4.61. The van der Waals surface area contributed by atoms with Crippen molar-refractivity contribution in [1.82, 2.24) is 0 Å². The second-order valence-electron chi connectivity index (χ2n) is 3.01. The molecule has 1 rings (SSSR count). The van der Waals surface area contributed by atoms with Crippen molar-refractivity contribution in [2.75, 3.05) is 0 Å². The van der Waals surface area contributed by atoms with E-state index in [1.165, 1.54) is 5.57 Å². The van der Waals surface area contributed by atoms with E-state index in [9.17, 15) is 4.79 Å². The predicted octanol–water partition coefficient (Wildman–Crippen LogP) is 2.24. The van der Waals surface area contributed by atoms with Crippen LogP contribution < -0.4 is 0 Å². The van der Waals surface area contributed by atoms with Crippen LogP contribution in [0.4, 0.5) is 0 Å². The molecule has 0 spiro atoms. The Bertz CT molecular complexity index is 227. The molecule has 0 saturated carbocycles. The summed E-state index contributed by atoms with van der Waals surface area (Å²) in [5, 5.41) is 0. The topological polar surface area (TPSA) is 17.1 Å². The third-order valence-corrected chi connectivity index (χ3v) is 1.73. The molecule has 0 aromatic carbocycles. The third kappa shape index (κ3) is 1.18. The first-order valence-corrected chi connectivity index (χ1v) is 3.49. The second-order valence-corrected chi connectivity index (χ2v) is 3.01. The zero-order valence-electron chi connectivity index (χ0n) is 6.69. The summed E-state index contributed by atoms with van der Waals surface area (Å²) in [5.74, 6) is 0.206. The molecule has 10 heavy (non-hydrogen) atoms. The molecule has 0 unspecified atom stereocenters. The van der Waals surface area contributed by atoms with Crippen LogP contribution in [-0.2, 0) is 4.79 Å². The highest BCUT2D eigenvalue weighted by atomic mass is 16.1. The van der Waals surface area contributed by atoms with E-state index in [-0.39, 0.29) is 5.78 Å². The van der Waals surface area contributed by atoms with E-state index in [0.29, 0.717) is 0 Å². The van der Waals surface area contributed by atoms with Crippen LogP contribution in [0.2, 0.25) is 0 Å². The molecule has 1 nitrogen and oxygen atoms in total. The lowest BCUT2D eigenvalue weighted by Crippen LogP contribution is -1.92. The van der Waals surface area contributed by atoms with Crippen LogP contribution in [0, 0.1) is 0 Å². The van der Waals surface area contributed by atoms with Crippen LogP contribution in [0.25, 0.3) is 0 Å². The summed E-state index contributed by atoms with van der Waals surface area (Å²) >= 11 is 0. The first-order valence-electron chi connectivity index (χ1n) is 3.49. The quantitative estimate of drug-likeness (QED) is 0.467. The Labute approximate surface area is 61.4 Å². The third-order valence-electron chi connectivity index (χ3n) is 1.73. The largest absolute Gasteiger partial charge is 0.290 e. The molecule has 0 bridgehead atoms. The van der Waals surface area contributed by atoms with Gasteiger partial charge in [0.2, 0.25) is 0 Å². The van der Waals surface area contributed by atoms with E-state index in [4.69, 9.17) is 0 Å². The molecule has 1 aliphatic rings. The van der Waals surface area contributed by atoms with Crippen LogP contribution in [0.15, 0.2) is 22.8 Å². The van der Waals surface area contributed by atoms with E-state index in [2.05, 4.69) is 0 Å². The molecule has 1 heteroatoms. The van der Waals surface area contributed by atoms with Crippen molar-refractivity contribution in [2.24, 2.45) is 0 Å². The Kier molecular flexibility index (Phi) is 1.75. The number of allylic oxidation sites excluding steroid dienone is 4. The minimum Gasteiger partial charge on any atom is -0.290 e. The van der Waals surface area contributed by atoms with Gasteiger partial charge in [-0.2, -0.15) is 0 Å². The average Bonchev–Trinajstić information content (AvgIpc) is 2.10. The van der Waals surface area contributed by atoms with E-state index in [1.54, 1.807) is 6.08 Å². The summed E-state index contributed by atoms with van der Waals surface area (Å²) in [6.07, 6.45) is 2.59. The fourth-order valence-electron chi connectivity index (χ4n) is 1.15. The fourth-order valence-corrected chi connectivity index (χ4v) is 1.15. The Morgan fingerprint density at radius 3 is 2.30 bits per heavy atom. The normalized spacial score (nSPS) is 17.7. The lowest BCUT2D eigenvalue weighted by Gasteiger charge is -1.96. The van der Waals surface area contributed by atoms with Crippen molar-refractivity contribution >= 4 is 5.78 Å². The lowest BCUT2D eigenvalue weighted by atomic mass is 10.1. The summed E-state index contributed by atoms with van der Waals surface area (Å²) in [6, 6.07) is 0. The van der Waals surface area contributed by atoms with Crippen LogP contribution in [-0.4, -0.2) is 5.78 Å². The van der Waals surface area contributed by atoms with Gasteiger partial charge in [0.05, 0.1) is 0 Å².